The van der Waals surface area contributed by atoms with Gasteiger partial charge >= 0.3 is 5.97 Å². The Morgan fingerprint density at radius 3 is 2.74 bits per heavy atom. The Labute approximate surface area is 119 Å². The van der Waals surface area contributed by atoms with E-state index in [1.807, 2.05) is 10.8 Å². The van der Waals surface area contributed by atoms with Crippen molar-refractivity contribution in [3.8, 4) is 10.7 Å². The van der Waals surface area contributed by atoms with Crippen LogP contribution in [0.4, 0.5) is 0 Å². The highest BCUT2D eigenvalue weighted by Crippen LogP contribution is 2.28. The lowest BCUT2D eigenvalue weighted by molar-refractivity contribution is -0.134. The Bertz CT molecular complexity index is 599. The Morgan fingerprint density at radius 2 is 2.11 bits per heavy atom. The molecule has 0 saturated carbocycles. The summed E-state index contributed by atoms with van der Waals surface area (Å²) in [7, 11) is 1.35. The lowest BCUT2D eigenvalue weighted by Gasteiger charge is -1.95. The van der Waals surface area contributed by atoms with Crippen molar-refractivity contribution in [3.05, 3.63) is 27.5 Å². The van der Waals surface area contributed by atoms with E-state index in [2.05, 4.69) is 28.6 Å². The van der Waals surface area contributed by atoms with Crippen molar-refractivity contribution >= 4 is 34.7 Å². The zero-order chi connectivity index (χ0) is 13.8. The molecule has 0 aliphatic rings. The molecule has 0 radical (unpaired) electrons. The van der Waals surface area contributed by atoms with Gasteiger partial charge in [-0.15, -0.1) is 22.7 Å². The van der Waals surface area contributed by atoms with Gasteiger partial charge in [0.25, 0.3) is 0 Å². The van der Waals surface area contributed by atoms with Crippen LogP contribution in [0.15, 0.2) is 16.8 Å². The summed E-state index contributed by atoms with van der Waals surface area (Å²) in [5.74, 6) is 0.0442. The smallest absolute Gasteiger partial charge is 0.330 e. The fourth-order valence-electron chi connectivity index (χ4n) is 1.35. The summed E-state index contributed by atoms with van der Waals surface area (Å²) >= 11 is 3.16. The van der Waals surface area contributed by atoms with Crippen LogP contribution < -0.4 is 0 Å². The molecule has 0 unspecified atom stereocenters. The Morgan fingerprint density at radius 1 is 1.32 bits per heavy atom. The molecule has 100 valence electrons. The molecule has 2 aromatic heterocycles. The van der Waals surface area contributed by atoms with Crippen molar-refractivity contribution in [1.29, 1.82) is 0 Å². The second kappa shape index (κ2) is 6.08. The predicted molar refractivity (Wildman–Crippen MR) is 78.4 cm³/mol. The highest BCUT2D eigenvalue weighted by atomic mass is 32.1. The number of thiazole rings is 2. The Balaban J connectivity index is 2.16. The van der Waals surface area contributed by atoms with E-state index in [1.54, 1.807) is 17.4 Å². The first-order chi connectivity index (χ1) is 9.10. The molecule has 0 saturated heterocycles. The summed E-state index contributed by atoms with van der Waals surface area (Å²) in [6.07, 6.45) is 3.00. The molecular weight excluding hydrogens is 280 g/mol. The van der Waals surface area contributed by atoms with Crippen molar-refractivity contribution < 1.29 is 9.53 Å². The van der Waals surface area contributed by atoms with Crippen LogP contribution in [0.25, 0.3) is 16.8 Å². The van der Waals surface area contributed by atoms with Gasteiger partial charge in [0.1, 0.15) is 10.7 Å². The Hall–Kier alpha value is -1.53. The number of hydrogen-bond acceptors (Lipinski definition) is 6. The predicted octanol–water partition coefficient (Wildman–Crippen LogP) is 3.58. The number of carbonyl (C=O) groups is 1. The lowest BCUT2D eigenvalue weighted by atomic mass is 10.2. The third-order valence-electron chi connectivity index (χ3n) is 2.35. The standard InChI is InChI=1S/C13H14N2O2S2/c1-8(2)12-15-10(7-19-12)13-14-9(6-18-13)4-5-11(16)17-3/h4-8H,1-3H3/b5-4+. The minimum atomic E-state index is -0.384. The number of methoxy groups -OCH3 is 1. The van der Waals surface area contributed by atoms with E-state index >= 15 is 0 Å². The fraction of sp³-hybridized carbons (Fsp3) is 0.308. The van der Waals surface area contributed by atoms with Crippen LogP contribution in [0.3, 0.4) is 0 Å². The van der Waals surface area contributed by atoms with Gasteiger partial charge in [-0.1, -0.05) is 13.8 Å². The first-order valence-electron chi connectivity index (χ1n) is 5.77. The van der Waals surface area contributed by atoms with Gasteiger partial charge in [0, 0.05) is 22.8 Å². The first kappa shape index (κ1) is 13.9. The maximum Gasteiger partial charge on any atom is 0.330 e. The molecule has 4 nitrogen and oxygen atoms in total. The highest BCUT2D eigenvalue weighted by Gasteiger charge is 2.10. The van der Waals surface area contributed by atoms with Gasteiger partial charge in [-0.2, -0.15) is 0 Å². The third-order valence-corrected chi connectivity index (χ3v) is 4.38. The SMILES string of the molecule is COC(=O)/C=C/c1csc(-c2csc(C(C)C)n2)n1. The number of rotatable bonds is 4. The van der Waals surface area contributed by atoms with Gasteiger partial charge < -0.3 is 4.74 Å². The summed E-state index contributed by atoms with van der Waals surface area (Å²) in [5, 5.41) is 5.88. The lowest BCUT2D eigenvalue weighted by Crippen LogP contribution is -1.93. The van der Waals surface area contributed by atoms with Crippen molar-refractivity contribution in [3.63, 3.8) is 0 Å². The molecule has 0 aromatic carbocycles. The highest BCUT2D eigenvalue weighted by molar-refractivity contribution is 7.14. The molecule has 0 atom stereocenters. The molecule has 0 N–H and O–H groups in total. The van der Waals surface area contributed by atoms with Crippen LogP contribution in [-0.4, -0.2) is 23.0 Å². The van der Waals surface area contributed by atoms with E-state index in [0.717, 1.165) is 21.4 Å². The number of hydrogen-bond donors (Lipinski definition) is 0. The third kappa shape index (κ3) is 3.48. The molecule has 0 aliphatic heterocycles. The van der Waals surface area contributed by atoms with Crippen LogP contribution in [0.1, 0.15) is 30.5 Å². The van der Waals surface area contributed by atoms with Gasteiger partial charge in [0.05, 0.1) is 17.8 Å². The van der Waals surface area contributed by atoms with Crippen LogP contribution in [0.5, 0.6) is 0 Å². The summed E-state index contributed by atoms with van der Waals surface area (Å²) < 4.78 is 4.53. The largest absolute Gasteiger partial charge is 0.466 e. The summed E-state index contributed by atoms with van der Waals surface area (Å²) in [4.78, 5) is 20.0. The van der Waals surface area contributed by atoms with Crippen molar-refractivity contribution in [2.45, 2.75) is 19.8 Å². The van der Waals surface area contributed by atoms with E-state index in [0.29, 0.717) is 5.92 Å². The molecule has 2 aromatic rings. The molecule has 19 heavy (non-hydrogen) atoms. The maximum atomic E-state index is 11.0. The maximum absolute atomic E-state index is 11.0. The summed E-state index contributed by atoms with van der Waals surface area (Å²) in [6, 6.07) is 0. The normalized spacial score (nSPS) is 11.4. The molecule has 2 rings (SSSR count). The van der Waals surface area contributed by atoms with E-state index < -0.39 is 0 Å². The first-order valence-corrected chi connectivity index (χ1v) is 7.53. The molecular formula is C13H14N2O2S2. The minimum absolute atomic E-state index is 0.384. The number of esters is 1. The van der Waals surface area contributed by atoms with E-state index in [4.69, 9.17) is 0 Å². The van der Waals surface area contributed by atoms with Crippen LogP contribution in [0, 0.1) is 0 Å². The molecule has 0 fully saturated rings. The topological polar surface area (TPSA) is 52.1 Å². The van der Waals surface area contributed by atoms with Gasteiger partial charge in [-0.25, -0.2) is 14.8 Å². The van der Waals surface area contributed by atoms with Crippen LogP contribution in [0.2, 0.25) is 0 Å². The molecule has 0 bridgehead atoms. The van der Waals surface area contributed by atoms with Crippen molar-refractivity contribution in [2.75, 3.05) is 7.11 Å². The quantitative estimate of drug-likeness (QED) is 0.639. The fourth-order valence-corrected chi connectivity index (χ4v) is 2.99. The van der Waals surface area contributed by atoms with E-state index in [-0.39, 0.29) is 5.97 Å². The van der Waals surface area contributed by atoms with Crippen molar-refractivity contribution in [2.24, 2.45) is 0 Å². The monoisotopic (exact) mass is 294 g/mol. The van der Waals surface area contributed by atoms with E-state index in [1.165, 1.54) is 24.5 Å². The molecule has 0 aliphatic carbocycles. The Kier molecular flexibility index (Phi) is 4.44. The zero-order valence-corrected chi connectivity index (χ0v) is 12.5. The molecule has 0 spiro atoms. The van der Waals surface area contributed by atoms with Crippen LogP contribution in [-0.2, 0) is 9.53 Å². The number of carbonyl (C=O) groups excluding carboxylic acids is 1. The molecule has 6 heteroatoms. The van der Waals surface area contributed by atoms with Gasteiger partial charge in [-0.3, -0.25) is 0 Å². The zero-order valence-electron chi connectivity index (χ0n) is 10.9. The second-order valence-corrected chi connectivity index (χ2v) is 5.91. The van der Waals surface area contributed by atoms with Gasteiger partial charge in [-0.05, 0) is 6.08 Å². The average molecular weight is 294 g/mol. The second-order valence-electron chi connectivity index (χ2n) is 4.16. The van der Waals surface area contributed by atoms with Crippen molar-refractivity contribution in [1.82, 2.24) is 9.97 Å². The number of ether oxygens (including phenoxy) is 1. The van der Waals surface area contributed by atoms with Crippen LogP contribution >= 0.6 is 22.7 Å². The van der Waals surface area contributed by atoms with E-state index in [9.17, 15) is 4.79 Å². The van der Waals surface area contributed by atoms with Gasteiger partial charge in [0.2, 0.25) is 0 Å². The number of nitrogens with zero attached hydrogens (tertiary/aromatic N) is 2. The van der Waals surface area contributed by atoms with Gasteiger partial charge in [0.15, 0.2) is 0 Å². The number of aromatic nitrogens is 2. The summed E-state index contributed by atoms with van der Waals surface area (Å²) in [6.45, 7) is 4.24. The molecule has 2 heterocycles. The average Bonchev–Trinajstić information content (AvgIpc) is 3.04. The summed E-state index contributed by atoms with van der Waals surface area (Å²) in [5.41, 5.74) is 1.64. The molecule has 0 amide bonds. The minimum Gasteiger partial charge on any atom is -0.466 e.